The number of nitrogens with one attached hydrogen (secondary N) is 1. The highest BCUT2D eigenvalue weighted by Crippen LogP contribution is 2.19. The van der Waals surface area contributed by atoms with Crippen molar-refractivity contribution in [2.75, 3.05) is 7.05 Å². The number of carbonyl (C=O) groups is 1. The molecule has 0 aliphatic heterocycles. The van der Waals surface area contributed by atoms with Crippen molar-refractivity contribution in [3.05, 3.63) is 53.9 Å². The molecular weight excluding hydrogens is 268 g/mol. The highest BCUT2D eigenvalue weighted by molar-refractivity contribution is 5.92. The molecule has 1 amide bonds. The Hall–Kier alpha value is -2.73. The minimum Gasteiger partial charge on any atom is -0.392 e. The van der Waals surface area contributed by atoms with Gasteiger partial charge in [0.05, 0.1) is 12.1 Å². The molecule has 2 aromatic heterocycles. The van der Waals surface area contributed by atoms with E-state index in [2.05, 4.69) is 15.4 Å². The van der Waals surface area contributed by atoms with Crippen molar-refractivity contribution in [3.63, 3.8) is 0 Å². The lowest BCUT2D eigenvalue weighted by Crippen LogP contribution is -2.18. The zero-order chi connectivity index (χ0) is 14.8. The maximum atomic E-state index is 11.6. The molecule has 0 aliphatic rings. The fourth-order valence-corrected chi connectivity index (χ4v) is 2.16. The molecule has 0 bridgehead atoms. The Morgan fingerprint density at radius 1 is 1.33 bits per heavy atom. The largest absolute Gasteiger partial charge is 0.392 e. The highest BCUT2D eigenvalue weighted by atomic mass is 16.3. The zero-order valence-corrected chi connectivity index (χ0v) is 11.4. The van der Waals surface area contributed by atoms with Crippen LogP contribution in [0.2, 0.25) is 0 Å². The highest BCUT2D eigenvalue weighted by Gasteiger charge is 2.12. The summed E-state index contributed by atoms with van der Waals surface area (Å²) in [5.41, 5.74) is 1.76. The van der Waals surface area contributed by atoms with Gasteiger partial charge in [-0.3, -0.25) is 4.79 Å². The molecule has 3 rings (SSSR count). The molecule has 6 heteroatoms. The Kier molecular flexibility index (Phi) is 3.37. The van der Waals surface area contributed by atoms with Crippen LogP contribution in [0, 0.1) is 0 Å². The number of amides is 1. The molecule has 0 aliphatic carbocycles. The van der Waals surface area contributed by atoms with Crippen LogP contribution in [-0.4, -0.2) is 32.8 Å². The van der Waals surface area contributed by atoms with E-state index in [0.717, 1.165) is 10.9 Å². The van der Waals surface area contributed by atoms with Gasteiger partial charge in [0.25, 0.3) is 5.91 Å². The number of hydrogen-bond donors (Lipinski definition) is 2. The third-order valence-corrected chi connectivity index (χ3v) is 3.22. The van der Waals surface area contributed by atoms with Crippen LogP contribution in [-0.2, 0) is 6.61 Å². The number of fused-ring (bicyclic) bond motifs is 1. The van der Waals surface area contributed by atoms with Crippen molar-refractivity contribution in [2.24, 2.45) is 0 Å². The van der Waals surface area contributed by atoms with Gasteiger partial charge in [-0.25, -0.2) is 9.67 Å². The Morgan fingerprint density at radius 3 is 2.90 bits per heavy atom. The van der Waals surface area contributed by atoms with Gasteiger partial charge in [-0.15, -0.1) is 0 Å². The number of aromatic nitrogens is 3. The third-order valence-electron chi connectivity index (χ3n) is 3.22. The van der Waals surface area contributed by atoms with Crippen LogP contribution < -0.4 is 5.32 Å². The molecule has 0 spiro atoms. The summed E-state index contributed by atoms with van der Waals surface area (Å²) in [7, 11) is 1.55. The summed E-state index contributed by atoms with van der Waals surface area (Å²) >= 11 is 0. The van der Waals surface area contributed by atoms with Gasteiger partial charge < -0.3 is 10.4 Å². The number of pyridine rings is 1. The lowest BCUT2D eigenvalue weighted by atomic mass is 10.1. The van der Waals surface area contributed by atoms with E-state index < -0.39 is 0 Å². The average molecular weight is 282 g/mol. The van der Waals surface area contributed by atoms with Crippen molar-refractivity contribution in [2.45, 2.75) is 6.61 Å². The number of rotatable bonds is 3. The number of benzene rings is 1. The lowest BCUT2D eigenvalue weighted by molar-refractivity contribution is 0.0957. The predicted molar refractivity (Wildman–Crippen MR) is 78.2 cm³/mol. The molecule has 2 N–H and O–H groups in total. The Morgan fingerprint density at radius 2 is 2.14 bits per heavy atom. The van der Waals surface area contributed by atoms with Crippen molar-refractivity contribution in [1.82, 2.24) is 20.1 Å². The van der Waals surface area contributed by atoms with Crippen LogP contribution in [0.15, 0.2) is 42.6 Å². The first-order valence-electron chi connectivity index (χ1n) is 6.50. The summed E-state index contributed by atoms with van der Waals surface area (Å²) in [5.74, 6) is 0.256. The Bertz CT molecular complexity index is 810. The first-order chi connectivity index (χ1) is 10.2. The average Bonchev–Trinajstić information content (AvgIpc) is 3.02. The summed E-state index contributed by atoms with van der Waals surface area (Å²) in [6, 6.07) is 11.1. The van der Waals surface area contributed by atoms with E-state index >= 15 is 0 Å². The first kappa shape index (κ1) is 13.3. The number of hydrogen-bond acceptors (Lipinski definition) is 4. The summed E-state index contributed by atoms with van der Waals surface area (Å²) in [6.07, 6.45) is 1.65. The number of carbonyl (C=O) groups excluding carboxylic acids is 1. The maximum absolute atomic E-state index is 11.6. The SMILES string of the molecule is CNC(=O)c1ccn(-c2nc3ccccc3cc2CO)n1. The van der Waals surface area contributed by atoms with Crippen LogP contribution in [0.3, 0.4) is 0 Å². The van der Waals surface area contributed by atoms with Gasteiger partial charge in [0.2, 0.25) is 0 Å². The van der Waals surface area contributed by atoms with Gasteiger partial charge in [-0.2, -0.15) is 5.10 Å². The molecule has 6 nitrogen and oxygen atoms in total. The molecule has 0 atom stereocenters. The van der Waals surface area contributed by atoms with Crippen molar-refractivity contribution in [1.29, 1.82) is 0 Å². The minimum atomic E-state index is -0.264. The van der Waals surface area contributed by atoms with Crippen molar-refractivity contribution >= 4 is 16.8 Å². The van der Waals surface area contributed by atoms with E-state index in [1.54, 1.807) is 19.3 Å². The summed E-state index contributed by atoms with van der Waals surface area (Å²) in [5, 5.41) is 17.2. The van der Waals surface area contributed by atoms with Gasteiger partial charge >= 0.3 is 0 Å². The van der Waals surface area contributed by atoms with Gasteiger partial charge in [0, 0.05) is 24.2 Å². The van der Waals surface area contributed by atoms with Gasteiger partial charge in [0.15, 0.2) is 11.5 Å². The smallest absolute Gasteiger partial charge is 0.271 e. The van der Waals surface area contributed by atoms with Gasteiger partial charge in [-0.05, 0) is 18.2 Å². The van der Waals surface area contributed by atoms with Crippen LogP contribution in [0.4, 0.5) is 0 Å². The second-order valence-corrected chi connectivity index (χ2v) is 4.55. The van der Waals surface area contributed by atoms with E-state index in [4.69, 9.17) is 0 Å². The lowest BCUT2D eigenvalue weighted by Gasteiger charge is -2.08. The van der Waals surface area contributed by atoms with Crippen LogP contribution in [0.25, 0.3) is 16.7 Å². The fraction of sp³-hybridized carbons (Fsp3) is 0.133. The number of para-hydroxylation sites is 1. The Balaban J connectivity index is 2.14. The molecule has 106 valence electrons. The second kappa shape index (κ2) is 5.34. The zero-order valence-electron chi connectivity index (χ0n) is 11.4. The monoisotopic (exact) mass is 282 g/mol. The van der Waals surface area contributed by atoms with Crippen LogP contribution in [0.5, 0.6) is 0 Å². The fourth-order valence-electron chi connectivity index (χ4n) is 2.16. The third kappa shape index (κ3) is 2.36. The van der Waals surface area contributed by atoms with E-state index in [1.807, 2.05) is 30.3 Å². The van der Waals surface area contributed by atoms with E-state index in [9.17, 15) is 9.90 Å². The quantitative estimate of drug-likeness (QED) is 0.758. The molecule has 21 heavy (non-hydrogen) atoms. The van der Waals surface area contributed by atoms with Gasteiger partial charge in [-0.1, -0.05) is 18.2 Å². The normalized spacial score (nSPS) is 10.8. The standard InChI is InChI=1S/C15H14N4O2/c1-16-15(21)13-6-7-19(18-13)14-11(9-20)8-10-4-2-3-5-12(10)17-14/h2-8,20H,9H2,1H3,(H,16,21). The molecule has 1 aromatic carbocycles. The molecule has 0 fully saturated rings. The predicted octanol–water partition coefficient (Wildman–Crippen LogP) is 1.27. The number of aliphatic hydroxyl groups is 1. The van der Waals surface area contributed by atoms with Crippen LogP contribution in [0.1, 0.15) is 16.1 Å². The summed E-state index contributed by atoms with van der Waals surface area (Å²) in [6.45, 7) is -0.150. The van der Waals surface area contributed by atoms with Crippen molar-refractivity contribution < 1.29 is 9.90 Å². The van der Waals surface area contributed by atoms with E-state index in [0.29, 0.717) is 17.1 Å². The minimum absolute atomic E-state index is 0.150. The number of nitrogens with zero attached hydrogens (tertiary/aromatic N) is 3. The Labute approximate surface area is 121 Å². The maximum Gasteiger partial charge on any atom is 0.271 e. The van der Waals surface area contributed by atoms with E-state index in [-0.39, 0.29) is 12.5 Å². The second-order valence-electron chi connectivity index (χ2n) is 4.55. The first-order valence-corrected chi connectivity index (χ1v) is 6.50. The van der Waals surface area contributed by atoms with Crippen LogP contribution >= 0.6 is 0 Å². The molecule has 0 saturated carbocycles. The van der Waals surface area contributed by atoms with Crippen molar-refractivity contribution in [3.8, 4) is 5.82 Å². The molecule has 3 aromatic rings. The molecule has 0 unspecified atom stereocenters. The van der Waals surface area contributed by atoms with Gasteiger partial charge in [0.1, 0.15) is 0 Å². The summed E-state index contributed by atoms with van der Waals surface area (Å²) < 4.78 is 1.50. The molecule has 0 radical (unpaired) electrons. The summed E-state index contributed by atoms with van der Waals surface area (Å²) in [4.78, 5) is 16.1. The van der Waals surface area contributed by atoms with E-state index in [1.165, 1.54) is 4.68 Å². The molecule has 2 heterocycles. The topological polar surface area (TPSA) is 80.0 Å². The molecular formula is C15H14N4O2. The molecule has 0 saturated heterocycles. The number of aliphatic hydroxyl groups excluding tert-OH is 1.